The molecule has 1 aromatic carbocycles. The van der Waals surface area contributed by atoms with Crippen LogP contribution in [0.2, 0.25) is 0 Å². The molecule has 2 rings (SSSR count). The summed E-state index contributed by atoms with van der Waals surface area (Å²) in [7, 11) is 0. The molecule has 0 spiro atoms. The third-order valence-electron chi connectivity index (χ3n) is 3.16. The van der Waals surface area contributed by atoms with Gasteiger partial charge in [0.05, 0.1) is 6.61 Å². The Bertz CT molecular complexity index is 594. The number of carbonyl (C=O) groups is 1. The van der Waals surface area contributed by atoms with Crippen LogP contribution in [0.1, 0.15) is 11.1 Å². The highest BCUT2D eigenvalue weighted by molar-refractivity contribution is 5.92. The Morgan fingerprint density at radius 3 is 2.86 bits per heavy atom. The van der Waals surface area contributed by atoms with Crippen LogP contribution in [0.4, 0.5) is 13.2 Å². The molecule has 0 radical (unpaired) electrons. The monoisotopic (exact) mass is 311 g/mol. The first-order chi connectivity index (χ1) is 10.4. The molecule has 1 aliphatic rings. The van der Waals surface area contributed by atoms with E-state index in [4.69, 9.17) is 4.74 Å². The minimum atomic E-state index is -4.43. The van der Waals surface area contributed by atoms with E-state index in [-0.39, 0.29) is 6.54 Å². The zero-order chi connectivity index (χ0) is 16.2. The maximum Gasteiger partial charge on any atom is 0.406 e. The molecule has 0 unspecified atom stereocenters. The zero-order valence-electron chi connectivity index (χ0n) is 11.9. The molecule has 0 fully saturated rings. The molecular weight excluding hydrogens is 295 g/mol. The number of alkyl halides is 3. The molecule has 3 nitrogen and oxygen atoms in total. The predicted molar refractivity (Wildman–Crippen MR) is 77.5 cm³/mol. The number of amides is 1. The van der Waals surface area contributed by atoms with Crippen molar-refractivity contribution in [3.05, 3.63) is 48.1 Å². The van der Waals surface area contributed by atoms with Crippen molar-refractivity contribution >= 4 is 12.0 Å². The van der Waals surface area contributed by atoms with Crippen molar-refractivity contribution < 1.29 is 22.7 Å². The normalized spacial score (nSPS) is 13.8. The summed E-state index contributed by atoms with van der Waals surface area (Å²) in [4.78, 5) is 12.6. The lowest BCUT2D eigenvalue weighted by atomic mass is 10.1. The number of hydrogen-bond donors (Lipinski definition) is 0. The summed E-state index contributed by atoms with van der Waals surface area (Å²) >= 11 is 0. The summed E-state index contributed by atoms with van der Waals surface area (Å²) in [6.45, 7) is 2.55. The van der Waals surface area contributed by atoms with Crippen molar-refractivity contribution in [2.45, 2.75) is 12.6 Å². The van der Waals surface area contributed by atoms with E-state index in [1.54, 1.807) is 12.1 Å². The highest BCUT2D eigenvalue weighted by Gasteiger charge is 2.31. The molecule has 0 N–H and O–H groups in total. The number of carbonyl (C=O) groups excluding carboxylic acids is 1. The Morgan fingerprint density at radius 2 is 2.18 bits per heavy atom. The number of benzene rings is 1. The van der Waals surface area contributed by atoms with Crippen LogP contribution in [0.5, 0.6) is 5.75 Å². The standard InChI is InChI=1S/C16H16F3NO2/c1-2-8-20(11-16(17,18)19)15(21)6-4-12-3-5-14-13(10-12)7-9-22-14/h2-6,10H,1,7-9,11H2/b6-4+. The molecule has 0 aliphatic carbocycles. The Kier molecular flexibility index (Phi) is 4.90. The van der Waals surface area contributed by atoms with Crippen LogP contribution in [-0.4, -0.2) is 36.7 Å². The molecule has 0 saturated heterocycles. The second kappa shape index (κ2) is 6.68. The van der Waals surface area contributed by atoms with E-state index in [1.165, 1.54) is 12.2 Å². The minimum Gasteiger partial charge on any atom is -0.493 e. The number of nitrogens with zero attached hydrogens (tertiary/aromatic N) is 1. The third kappa shape index (κ3) is 4.38. The molecule has 1 aliphatic heterocycles. The fourth-order valence-electron chi connectivity index (χ4n) is 2.19. The van der Waals surface area contributed by atoms with E-state index < -0.39 is 18.6 Å². The predicted octanol–water partition coefficient (Wildman–Crippen LogP) is 3.21. The summed E-state index contributed by atoms with van der Waals surface area (Å²) in [6.07, 6.45) is 0.281. The molecule has 1 heterocycles. The molecule has 0 atom stereocenters. The summed E-state index contributed by atoms with van der Waals surface area (Å²) in [6, 6.07) is 5.42. The molecule has 0 aromatic heterocycles. The summed E-state index contributed by atoms with van der Waals surface area (Å²) in [5, 5.41) is 0. The van der Waals surface area contributed by atoms with Gasteiger partial charge in [0, 0.05) is 19.0 Å². The van der Waals surface area contributed by atoms with Crippen molar-refractivity contribution in [2.24, 2.45) is 0 Å². The maximum atomic E-state index is 12.4. The minimum absolute atomic E-state index is 0.152. The van der Waals surface area contributed by atoms with Gasteiger partial charge in [0.2, 0.25) is 5.91 Å². The average molecular weight is 311 g/mol. The second-order valence-electron chi connectivity index (χ2n) is 4.92. The lowest BCUT2D eigenvalue weighted by molar-refractivity contribution is -0.157. The molecule has 1 aromatic rings. The van der Waals surface area contributed by atoms with Crippen LogP contribution < -0.4 is 4.74 Å². The van der Waals surface area contributed by atoms with Gasteiger partial charge in [-0.3, -0.25) is 4.79 Å². The first kappa shape index (κ1) is 16.1. The van der Waals surface area contributed by atoms with Gasteiger partial charge in [-0.25, -0.2) is 0 Å². The number of ether oxygens (including phenoxy) is 1. The Hall–Kier alpha value is -2.24. The molecule has 6 heteroatoms. The van der Waals surface area contributed by atoms with Gasteiger partial charge in [0.25, 0.3) is 0 Å². The number of hydrogen-bond acceptors (Lipinski definition) is 2. The van der Waals surface area contributed by atoms with Crippen LogP contribution in [-0.2, 0) is 11.2 Å². The van der Waals surface area contributed by atoms with E-state index in [2.05, 4.69) is 6.58 Å². The second-order valence-corrected chi connectivity index (χ2v) is 4.92. The van der Waals surface area contributed by atoms with E-state index in [1.807, 2.05) is 6.07 Å². The Labute approximate surface area is 126 Å². The summed E-state index contributed by atoms with van der Waals surface area (Å²) in [5.41, 5.74) is 1.79. The van der Waals surface area contributed by atoms with E-state index >= 15 is 0 Å². The molecule has 22 heavy (non-hydrogen) atoms. The van der Waals surface area contributed by atoms with Crippen LogP contribution >= 0.6 is 0 Å². The first-order valence-corrected chi connectivity index (χ1v) is 6.79. The molecule has 0 saturated carbocycles. The van der Waals surface area contributed by atoms with Crippen molar-refractivity contribution in [3.63, 3.8) is 0 Å². The lowest BCUT2D eigenvalue weighted by Crippen LogP contribution is -2.38. The fourth-order valence-corrected chi connectivity index (χ4v) is 2.19. The molecular formula is C16H16F3NO2. The number of rotatable bonds is 5. The third-order valence-corrected chi connectivity index (χ3v) is 3.16. The van der Waals surface area contributed by atoms with E-state index in [0.29, 0.717) is 11.5 Å². The van der Waals surface area contributed by atoms with Crippen molar-refractivity contribution in [1.82, 2.24) is 4.90 Å². The molecule has 1 amide bonds. The number of fused-ring (bicyclic) bond motifs is 1. The lowest BCUT2D eigenvalue weighted by Gasteiger charge is -2.20. The molecule has 0 bridgehead atoms. The van der Waals surface area contributed by atoms with Gasteiger partial charge in [0.1, 0.15) is 12.3 Å². The van der Waals surface area contributed by atoms with Crippen molar-refractivity contribution in [2.75, 3.05) is 19.7 Å². The van der Waals surface area contributed by atoms with Gasteiger partial charge in [-0.15, -0.1) is 6.58 Å². The summed E-state index contributed by atoms with van der Waals surface area (Å²) in [5.74, 6) is 0.114. The van der Waals surface area contributed by atoms with Gasteiger partial charge in [-0.1, -0.05) is 12.1 Å². The number of halogens is 3. The van der Waals surface area contributed by atoms with E-state index in [0.717, 1.165) is 29.4 Å². The van der Waals surface area contributed by atoms with E-state index in [9.17, 15) is 18.0 Å². The highest BCUT2D eigenvalue weighted by atomic mass is 19.4. The van der Waals surface area contributed by atoms with Crippen LogP contribution in [0.25, 0.3) is 6.08 Å². The van der Waals surface area contributed by atoms with Crippen molar-refractivity contribution in [3.8, 4) is 5.75 Å². The highest BCUT2D eigenvalue weighted by Crippen LogP contribution is 2.26. The maximum absolute atomic E-state index is 12.4. The molecule has 118 valence electrons. The van der Waals surface area contributed by atoms with Gasteiger partial charge in [0.15, 0.2) is 0 Å². The SMILES string of the molecule is C=CCN(CC(F)(F)F)C(=O)/C=C/c1ccc2c(c1)CCO2. The van der Waals surface area contributed by atoms with Crippen LogP contribution in [0.15, 0.2) is 36.9 Å². The Morgan fingerprint density at radius 1 is 1.41 bits per heavy atom. The van der Waals surface area contributed by atoms with Gasteiger partial charge >= 0.3 is 6.18 Å². The Balaban J connectivity index is 2.06. The quantitative estimate of drug-likeness (QED) is 0.617. The topological polar surface area (TPSA) is 29.5 Å². The largest absolute Gasteiger partial charge is 0.493 e. The van der Waals surface area contributed by atoms with Crippen molar-refractivity contribution in [1.29, 1.82) is 0 Å². The first-order valence-electron chi connectivity index (χ1n) is 6.79. The van der Waals surface area contributed by atoms with Crippen LogP contribution in [0, 0.1) is 0 Å². The zero-order valence-corrected chi connectivity index (χ0v) is 11.9. The smallest absolute Gasteiger partial charge is 0.406 e. The van der Waals surface area contributed by atoms with Crippen LogP contribution in [0.3, 0.4) is 0 Å². The van der Waals surface area contributed by atoms with Gasteiger partial charge < -0.3 is 9.64 Å². The van der Waals surface area contributed by atoms with Gasteiger partial charge in [-0.2, -0.15) is 13.2 Å². The fraction of sp³-hybridized carbons (Fsp3) is 0.312. The summed E-state index contributed by atoms with van der Waals surface area (Å²) < 4.78 is 42.7. The average Bonchev–Trinajstić information content (AvgIpc) is 2.90. The van der Waals surface area contributed by atoms with Gasteiger partial charge in [-0.05, 0) is 29.3 Å².